The topological polar surface area (TPSA) is 47.2 Å². The molecule has 0 N–H and O–H groups in total. The van der Waals surface area contributed by atoms with Gasteiger partial charge in [-0.3, -0.25) is 14.3 Å². The van der Waals surface area contributed by atoms with Crippen molar-refractivity contribution in [3.05, 3.63) is 68.0 Å². The van der Waals surface area contributed by atoms with E-state index in [4.69, 9.17) is 0 Å². The summed E-state index contributed by atoms with van der Waals surface area (Å²) in [6.07, 6.45) is 1.68. The fraction of sp³-hybridized carbons (Fsp3) is 0.444. The maximum absolute atomic E-state index is 12.4. The van der Waals surface area contributed by atoms with E-state index >= 15 is 0 Å². The lowest BCUT2D eigenvalue weighted by molar-refractivity contribution is 0.210. The van der Waals surface area contributed by atoms with E-state index in [9.17, 15) is 9.59 Å². The predicted octanol–water partition coefficient (Wildman–Crippen LogP) is 1.68. The van der Waals surface area contributed by atoms with Crippen molar-refractivity contribution < 1.29 is 0 Å². The number of hydrogen-bond acceptors (Lipinski definition) is 4. The molecule has 1 saturated heterocycles. The Bertz CT molecular complexity index is 839. The molecule has 24 heavy (non-hydrogen) atoms. The summed E-state index contributed by atoms with van der Waals surface area (Å²) >= 11 is 1.95. The lowest BCUT2D eigenvalue weighted by Gasteiger charge is -2.35. The minimum Gasteiger partial charge on any atom is -0.303 e. The van der Waals surface area contributed by atoms with Gasteiger partial charge in [-0.2, -0.15) is 11.8 Å². The average Bonchev–Trinajstić information content (AvgIpc) is 2.59. The van der Waals surface area contributed by atoms with Crippen molar-refractivity contribution in [2.45, 2.75) is 19.5 Å². The molecule has 6 heteroatoms. The van der Waals surface area contributed by atoms with E-state index in [1.54, 1.807) is 13.2 Å². The highest BCUT2D eigenvalue weighted by atomic mass is 32.2. The molecule has 128 valence electrons. The molecule has 0 radical (unpaired) electrons. The minimum atomic E-state index is -0.284. The maximum atomic E-state index is 12.4. The summed E-state index contributed by atoms with van der Waals surface area (Å²) in [4.78, 5) is 26.6. The van der Waals surface area contributed by atoms with Gasteiger partial charge in [0.15, 0.2) is 0 Å². The van der Waals surface area contributed by atoms with Crippen LogP contribution in [0, 0.1) is 6.92 Å². The van der Waals surface area contributed by atoms with Crippen LogP contribution in [-0.4, -0.2) is 32.1 Å². The second kappa shape index (κ2) is 6.99. The van der Waals surface area contributed by atoms with Crippen molar-refractivity contribution in [1.82, 2.24) is 14.0 Å². The summed E-state index contributed by atoms with van der Waals surface area (Å²) in [5.74, 6) is 2.09. The molecule has 5 nitrogen and oxygen atoms in total. The third-order valence-corrected chi connectivity index (χ3v) is 5.62. The van der Waals surface area contributed by atoms with Gasteiger partial charge in [-0.05, 0) is 12.5 Å². The van der Waals surface area contributed by atoms with Crippen LogP contribution < -0.4 is 11.2 Å². The van der Waals surface area contributed by atoms with Crippen LogP contribution >= 0.6 is 11.8 Å². The summed E-state index contributed by atoms with van der Waals surface area (Å²) in [6.45, 7) is 3.60. The normalized spacial score (nSPS) is 18.7. The highest BCUT2D eigenvalue weighted by molar-refractivity contribution is 7.99. The Hall–Kier alpha value is -1.79. The zero-order valence-corrected chi connectivity index (χ0v) is 15.2. The summed E-state index contributed by atoms with van der Waals surface area (Å²) < 4.78 is 2.67. The first-order valence-electron chi connectivity index (χ1n) is 8.11. The van der Waals surface area contributed by atoms with Crippen LogP contribution in [-0.2, 0) is 20.6 Å². The van der Waals surface area contributed by atoms with E-state index in [2.05, 4.69) is 36.1 Å². The number of benzene rings is 1. The quantitative estimate of drug-likeness (QED) is 0.849. The van der Waals surface area contributed by atoms with Crippen LogP contribution in [0.4, 0.5) is 0 Å². The van der Waals surface area contributed by atoms with Gasteiger partial charge < -0.3 is 4.57 Å². The molecule has 0 bridgehead atoms. The van der Waals surface area contributed by atoms with Gasteiger partial charge in [0.25, 0.3) is 5.56 Å². The highest BCUT2D eigenvalue weighted by Gasteiger charge is 2.25. The third kappa shape index (κ3) is 3.35. The zero-order valence-electron chi connectivity index (χ0n) is 14.4. The number of aromatic nitrogens is 2. The van der Waals surface area contributed by atoms with Crippen molar-refractivity contribution in [2.24, 2.45) is 14.1 Å². The fourth-order valence-corrected chi connectivity index (χ4v) is 4.29. The Labute approximate surface area is 145 Å². The maximum Gasteiger partial charge on any atom is 0.330 e. The Morgan fingerprint density at radius 3 is 2.58 bits per heavy atom. The SMILES string of the molecule is Cc1ccc([C@@H]2CSCCN2Cc2cn(C)c(=O)n(C)c2=O)cc1. The van der Waals surface area contributed by atoms with Gasteiger partial charge in [0.05, 0.1) is 0 Å². The van der Waals surface area contributed by atoms with Gasteiger partial charge in [0.1, 0.15) is 0 Å². The molecule has 0 amide bonds. The molecule has 0 spiro atoms. The monoisotopic (exact) mass is 345 g/mol. The van der Waals surface area contributed by atoms with Crippen molar-refractivity contribution in [3.63, 3.8) is 0 Å². The van der Waals surface area contributed by atoms with Crippen molar-refractivity contribution in [1.29, 1.82) is 0 Å². The fourth-order valence-electron chi connectivity index (χ4n) is 3.13. The standard InChI is InChI=1S/C18H23N3O2S/c1-13-4-6-14(7-5-13)16-12-24-9-8-21(16)11-15-10-19(2)18(23)20(3)17(15)22/h4-7,10,16H,8-9,11-12H2,1-3H3/t16-/m0/s1. The predicted molar refractivity (Wildman–Crippen MR) is 98.6 cm³/mol. The van der Waals surface area contributed by atoms with Gasteiger partial charge >= 0.3 is 5.69 Å². The van der Waals surface area contributed by atoms with E-state index in [-0.39, 0.29) is 11.2 Å². The first kappa shape index (κ1) is 17.0. The zero-order chi connectivity index (χ0) is 17.3. The van der Waals surface area contributed by atoms with Crippen molar-refractivity contribution in [2.75, 3.05) is 18.1 Å². The average molecular weight is 345 g/mol. The van der Waals surface area contributed by atoms with Crippen molar-refractivity contribution in [3.8, 4) is 0 Å². The number of thioether (sulfide) groups is 1. The van der Waals surface area contributed by atoms with Gasteiger partial charge in [0, 0.05) is 56.5 Å². The van der Waals surface area contributed by atoms with Crippen LogP contribution in [0.3, 0.4) is 0 Å². The first-order valence-corrected chi connectivity index (χ1v) is 9.26. The van der Waals surface area contributed by atoms with Crippen LogP contribution in [0.15, 0.2) is 40.1 Å². The third-order valence-electron chi connectivity index (χ3n) is 4.59. The summed E-state index contributed by atoms with van der Waals surface area (Å²) in [5, 5.41) is 0. The molecule has 1 atom stereocenters. The van der Waals surface area contributed by atoms with Gasteiger partial charge in [-0.15, -0.1) is 0 Å². The second-order valence-electron chi connectivity index (χ2n) is 6.38. The van der Waals surface area contributed by atoms with E-state index in [0.29, 0.717) is 18.2 Å². The van der Waals surface area contributed by atoms with Gasteiger partial charge in [-0.25, -0.2) is 4.79 Å². The molecular weight excluding hydrogens is 322 g/mol. The van der Waals surface area contributed by atoms with Crippen molar-refractivity contribution >= 4 is 11.8 Å². The Morgan fingerprint density at radius 1 is 1.17 bits per heavy atom. The largest absolute Gasteiger partial charge is 0.330 e. The van der Waals surface area contributed by atoms with E-state index in [0.717, 1.165) is 18.1 Å². The Balaban J connectivity index is 1.91. The summed E-state index contributed by atoms with van der Waals surface area (Å²) in [7, 11) is 3.23. The smallest absolute Gasteiger partial charge is 0.303 e. The van der Waals surface area contributed by atoms with Gasteiger partial charge in [-0.1, -0.05) is 29.8 Å². The lowest BCUT2D eigenvalue weighted by atomic mass is 10.0. The summed E-state index contributed by atoms with van der Waals surface area (Å²) in [6, 6.07) is 8.93. The molecule has 2 heterocycles. The molecule has 1 aromatic heterocycles. The minimum absolute atomic E-state index is 0.195. The molecular formula is C18H23N3O2S. The van der Waals surface area contributed by atoms with Gasteiger partial charge in [0.2, 0.25) is 0 Å². The molecule has 2 aromatic rings. The molecule has 1 aliphatic heterocycles. The molecule has 3 rings (SSSR count). The lowest BCUT2D eigenvalue weighted by Crippen LogP contribution is -2.42. The molecule has 0 aliphatic carbocycles. The van der Waals surface area contributed by atoms with Crippen LogP contribution in [0.25, 0.3) is 0 Å². The number of rotatable bonds is 3. The molecule has 0 saturated carbocycles. The van der Waals surface area contributed by atoms with Crippen LogP contribution in [0.5, 0.6) is 0 Å². The second-order valence-corrected chi connectivity index (χ2v) is 7.53. The van der Waals surface area contributed by atoms with Crippen LogP contribution in [0.2, 0.25) is 0 Å². The molecule has 1 aromatic carbocycles. The highest BCUT2D eigenvalue weighted by Crippen LogP contribution is 2.30. The molecule has 1 aliphatic rings. The van der Waals surface area contributed by atoms with Crippen LogP contribution in [0.1, 0.15) is 22.7 Å². The Kier molecular flexibility index (Phi) is 4.96. The Morgan fingerprint density at radius 2 is 1.88 bits per heavy atom. The molecule has 1 fully saturated rings. The number of hydrogen-bond donors (Lipinski definition) is 0. The molecule has 0 unspecified atom stereocenters. The van der Waals surface area contributed by atoms with E-state index in [1.165, 1.54) is 27.3 Å². The first-order chi connectivity index (χ1) is 11.5. The van der Waals surface area contributed by atoms with E-state index < -0.39 is 0 Å². The number of nitrogens with zero attached hydrogens (tertiary/aromatic N) is 3. The summed E-state index contributed by atoms with van der Waals surface area (Å²) in [5.41, 5.74) is 2.73. The van der Waals surface area contributed by atoms with E-state index in [1.807, 2.05) is 11.8 Å². The number of aryl methyl sites for hydroxylation is 2.